The summed E-state index contributed by atoms with van der Waals surface area (Å²) in [5.74, 6) is -3.55. The maximum absolute atomic E-state index is 12.5. The smallest absolute Gasteiger partial charge is 0.310 e. The summed E-state index contributed by atoms with van der Waals surface area (Å²) in [5.41, 5.74) is -0.242. The van der Waals surface area contributed by atoms with Gasteiger partial charge < -0.3 is 14.6 Å². The largest absolute Gasteiger partial charge is 0.481 e. The van der Waals surface area contributed by atoms with Crippen molar-refractivity contribution in [1.82, 2.24) is 0 Å². The number of carbonyl (C=O) groups excluding carboxylic acids is 2. The maximum atomic E-state index is 12.5. The van der Waals surface area contributed by atoms with Crippen LogP contribution in [0.4, 0.5) is 0 Å². The van der Waals surface area contributed by atoms with E-state index in [1.54, 1.807) is 12.2 Å². The lowest BCUT2D eigenvalue weighted by Crippen LogP contribution is -2.35. The molecule has 0 aromatic heterocycles. The van der Waals surface area contributed by atoms with Gasteiger partial charge in [-0.05, 0) is 30.1 Å². The molecule has 0 aliphatic heterocycles. The average molecular weight is 382 g/mol. The second-order valence-electron chi connectivity index (χ2n) is 9.51. The van der Waals surface area contributed by atoms with Crippen molar-refractivity contribution < 1.29 is 29.0 Å². The van der Waals surface area contributed by atoms with Crippen LogP contribution in [0, 0.1) is 28.6 Å². The van der Waals surface area contributed by atoms with Crippen molar-refractivity contribution in [3.63, 3.8) is 0 Å². The summed E-state index contributed by atoms with van der Waals surface area (Å²) in [5, 5.41) is 9.22. The molecule has 0 aromatic carbocycles. The van der Waals surface area contributed by atoms with Gasteiger partial charge in [0, 0.05) is 0 Å². The van der Waals surface area contributed by atoms with E-state index in [4.69, 9.17) is 9.47 Å². The second kappa shape index (κ2) is 9.38. The average Bonchev–Trinajstić information content (AvgIpc) is 2.54. The van der Waals surface area contributed by atoms with Crippen molar-refractivity contribution in [2.24, 2.45) is 28.6 Å². The summed E-state index contributed by atoms with van der Waals surface area (Å²) < 4.78 is 10.5. The Morgan fingerprint density at radius 3 is 1.96 bits per heavy atom. The molecule has 0 fully saturated rings. The van der Waals surface area contributed by atoms with E-state index in [2.05, 4.69) is 20.8 Å². The SMILES string of the molecule is CC(C)(C)CC(C(=O)OCCOC(=O)C1CC=CCC1C(=O)O)C(C)(C)C. The van der Waals surface area contributed by atoms with Crippen LogP contribution in [0.1, 0.15) is 60.8 Å². The number of esters is 2. The maximum Gasteiger partial charge on any atom is 0.310 e. The Morgan fingerprint density at radius 1 is 0.963 bits per heavy atom. The van der Waals surface area contributed by atoms with Crippen molar-refractivity contribution in [2.45, 2.75) is 60.8 Å². The lowest BCUT2D eigenvalue weighted by Gasteiger charge is -2.33. The van der Waals surface area contributed by atoms with Crippen LogP contribution in [-0.2, 0) is 23.9 Å². The number of hydrogen-bond acceptors (Lipinski definition) is 5. The van der Waals surface area contributed by atoms with Crippen LogP contribution in [0.15, 0.2) is 12.2 Å². The van der Waals surface area contributed by atoms with Gasteiger partial charge in [0.15, 0.2) is 0 Å². The number of allylic oxidation sites excluding steroid dienone is 2. The molecule has 6 nitrogen and oxygen atoms in total. The van der Waals surface area contributed by atoms with Crippen LogP contribution in [0.2, 0.25) is 0 Å². The highest BCUT2D eigenvalue weighted by Gasteiger charge is 2.37. The van der Waals surface area contributed by atoms with E-state index in [9.17, 15) is 19.5 Å². The number of carboxylic acid groups (broad SMARTS) is 1. The first-order chi connectivity index (χ1) is 12.3. The van der Waals surface area contributed by atoms with Gasteiger partial charge in [0.1, 0.15) is 13.2 Å². The number of aliphatic carboxylic acids is 1. The Hall–Kier alpha value is -1.85. The van der Waals surface area contributed by atoms with E-state index >= 15 is 0 Å². The summed E-state index contributed by atoms with van der Waals surface area (Å²) >= 11 is 0. The van der Waals surface area contributed by atoms with Crippen LogP contribution in [0.3, 0.4) is 0 Å². The highest BCUT2D eigenvalue weighted by molar-refractivity contribution is 5.81. The zero-order valence-electron chi connectivity index (χ0n) is 17.4. The standard InChI is InChI=1S/C21H34O6/c1-20(2,3)13-16(21(4,5)6)19(25)27-12-11-26-18(24)15-10-8-7-9-14(15)17(22)23/h7-8,14-16H,9-13H2,1-6H3,(H,22,23). The van der Waals surface area contributed by atoms with Crippen LogP contribution in [0.25, 0.3) is 0 Å². The van der Waals surface area contributed by atoms with Gasteiger partial charge >= 0.3 is 17.9 Å². The van der Waals surface area contributed by atoms with Crippen LogP contribution in [-0.4, -0.2) is 36.2 Å². The first-order valence-corrected chi connectivity index (χ1v) is 9.54. The normalized spacial score (nSPS) is 21.4. The molecule has 1 aliphatic carbocycles. The topological polar surface area (TPSA) is 89.9 Å². The van der Waals surface area contributed by atoms with E-state index < -0.39 is 23.8 Å². The number of rotatable bonds is 7. The first-order valence-electron chi connectivity index (χ1n) is 9.54. The third-order valence-electron chi connectivity index (χ3n) is 4.77. The summed E-state index contributed by atoms with van der Waals surface area (Å²) in [6, 6.07) is 0. The van der Waals surface area contributed by atoms with Crippen molar-refractivity contribution in [2.75, 3.05) is 13.2 Å². The number of hydrogen-bond donors (Lipinski definition) is 1. The fraction of sp³-hybridized carbons (Fsp3) is 0.762. The molecule has 0 spiro atoms. The summed E-state index contributed by atoms with van der Waals surface area (Å²) in [7, 11) is 0. The van der Waals surface area contributed by atoms with E-state index in [1.165, 1.54) is 0 Å². The molecule has 1 aliphatic rings. The molecule has 0 radical (unpaired) electrons. The number of ether oxygens (including phenoxy) is 2. The van der Waals surface area contributed by atoms with Gasteiger partial charge in [-0.1, -0.05) is 53.7 Å². The predicted molar refractivity (Wildman–Crippen MR) is 102 cm³/mol. The molecule has 1 N–H and O–H groups in total. The Balaban J connectivity index is 2.51. The minimum atomic E-state index is -0.997. The quantitative estimate of drug-likeness (QED) is 0.409. The van der Waals surface area contributed by atoms with Gasteiger partial charge in [0.25, 0.3) is 0 Å². The Bertz CT molecular complexity index is 564. The lowest BCUT2D eigenvalue weighted by atomic mass is 9.72. The molecule has 154 valence electrons. The molecule has 0 saturated carbocycles. The van der Waals surface area contributed by atoms with E-state index in [1.807, 2.05) is 20.8 Å². The number of carboxylic acids is 1. The van der Waals surface area contributed by atoms with Gasteiger partial charge in [-0.2, -0.15) is 0 Å². The molecule has 1 rings (SSSR count). The van der Waals surface area contributed by atoms with Crippen molar-refractivity contribution in [3.05, 3.63) is 12.2 Å². The molecular weight excluding hydrogens is 348 g/mol. The van der Waals surface area contributed by atoms with Gasteiger partial charge in [-0.3, -0.25) is 14.4 Å². The summed E-state index contributed by atoms with van der Waals surface area (Å²) in [4.78, 5) is 35.9. The Labute approximate surface area is 162 Å². The molecule has 0 amide bonds. The minimum Gasteiger partial charge on any atom is -0.481 e. The zero-order chi connectivity index (χ0) is 20.8. The Morgan fingerprint density at radius 2 is 1.48 bits per heavy atom. The molecule has 27 heavy (non-hydrogen) atoms. The zero-order valence-corrected chi connectivity index (χ0v) is 17.4. The summed E-state index contributed by atoms with van der Waals surface area (Å²) in [6.45, 7) is 12.2. The van der Waals surface area contributed by atoms with E-state index in [0.29, 0.717) is 19.3 Å². The minimum absolute atomic E-state index is 0.0101. The van der Waals surface area contributed by atoms with Crippen LogP contribution >= 0.6 is 0 Å². The third-order valence-corrected chi connectivity index (χ3v) is 4.77. The summed E-state index contributed by atoms with van der Waals surface area (Å²) in [6.07, 6.45) is 4.94. The van der Waals surface area contributed by atoms with Gasteiger partial charge in [-0.25, -0.2) is 0 Å². The van der Waals surface area contributed by atoms with Gasteiger partial charge in [-0.15, -0.1) is 0 Å². The monoisotopic (exact) mass is 382 g/mol. The van der Waals surface area contributed by atoms with Crippen molar-refractivity contribution in [3.8, 4) is 0 Å². The number of carbonyl (C=O) groups is 3. The van der Waals surface area contributed by atoms with Gasteiger partial charge in [0.05, 0.1) is 17.8 Å². The van der Waals surface area contributed by atoms with E-state index in [-0.39, 0.29) is 35.9 Å². The Kier molecular flexibility index (Phi) is 8.05. The molecule has 0 aromatic rings. The molecule has 0 bridgehead atoms. The molecule has 3 unspecified atom stereocenters. The highest BCUT2D eigenvalue weighted by Crippen LogP contribution is 2.36. The molecule has 0 heterocycles. The van der Waals surface area contributed by atoms with Gasteiger partial charge in [0.2, 0.25) is 0 Å². The highest BCUT2D eigenvalue weighted by atomic mass is 16.6. The fourth-order valence-corrected chi connectivity index (χ4v) is 3.20. The van der Waals surface area contributed by atoms with E-state index in [0.717, 1.165) is 0 Å². The lowest BCUT2D eigenvalue weighted by molar-refractivity contribution is -0.163. The molecule has 0 saturated heterocycles. The third kappa shape index (κ3) is 7.73. The van der Waals surface area contributed by atoms with Crippen LogP contribution in [0.5, 0.6) is 0 Å². The van der Waals surface area contributed by atoms with Crippen molar-refractivity contribution in [1.29, 1.82) is 0 Å². The molecule has 3 atom stereocenters. The first kappa shape index (κ1) is 23.2. The van der Waals surface area contributed by atoms with Crippen LogP contribution < -0.4 is 0 Å². The predicted octanol–water partition coefficient (Wildman–Crippen LogP) is 3.84. The molecule has 6 heteroatoms. The fourth-order valence-electron chi connectivity index (χ4n) is 3.20. The van der Waals surface area contributed by atoms with Crippen molar-refractivity contribution >= 4 is 17.9 Å². The molecular formula is C21H34O6. The second-order valence-corrected chi connectivity index (χ2v) is 9.51.